The van der Waals surface area contributed by atoms with Crippen molar-refractivity contribution in [3.05, 3.63) is 12.2 Å². The summed E-state index contributed by atoms with van der Waals surface area (Å²) in [6, 6.07) is -0.917. The summed E-state index contributed by atoms with van der Waals surface area (Å²) < 4.78 is 0. The van der Waals surface area contributed by atoms with E-state index in [4.69, 9.17) is 11.5 Å². The van der Waals surface area contributed by atoms with Gasteiger partial charge < -0.3 is 16.6 Å². The summed E-state index contributed by atoms with van der Waals surface area (Å²) in [4.78, 5) is 25.4. The number of Topliss-reactive ketones (excluding diaryl/α,β-unsaturated/α-hetero) is 1. The Labute approximate surface area is 267 Å². The van der Waals surface area contributed by atoms with Crippen LogP contribution in [0, 0.1) is 5.92 Å². The van der Waals surface area contributed by atoms with Crippen LogP contribution in [0.4, 0.5) is 0 Å². The van der Waals surface area contributed by atoms with E-state index in [9.17, 15) is 14.7 Å². The predicted molar refractivity (Wildman–Crippen MR) is 186 cm³/mol. The summed E-state index contributed by atoms with van der Waals surface area (Å²) >= 11 is 0. The fraction of sp³-hybridized carbons (Fsp3) is 0.895. The third-order valence-corrected chi connectivity index (χ3v) is 9.32. The van der Waals surface area contributed by atoms with Crippen LogP contribution >= 0.6 is 0 Å². The first-order chi connectivity index (χ1) is 20.8. The normalized spacial score (nSPS) is 14.6. The molecule has 0 saturated carbocycles. The zero-order valence-corrected chi connectivity index (χ0v) is 29.0. The van der Waals surface area contributed by atoms with Gasteiger partial charge in [-0.25, -0.2) is 4.79 Å². The molecule has 0 fully saturated rings. The summed E-state index contributed by atoms with van der Waals surface area (Å²) in [5.74, 6) is -1.99. The molecule has 0 aliphatic carbocycles. The van der Waals surface area contributed by atoms with Gasteiger partial charge in [-0.15, -0.1) is 0 Å². The Morgan fingerprint density at radius 3 is 1.19 bits per heavy atom. The van der Waals surface area contributed by atoms with Gasteiger partial charge in [0.05, 0.1) is 0 Å². The maximum absolute atomic E-state index is 13.4. The third kappa shape index (κ3) is 22.0. The van der Waals surface area contributed by atoms with Crippen molar-refractivity contribution in [3.63, 3.8) is 0 Å². The lowest BCUT2D eigenvalue weighted by molar-refractivity contribution is -0.150. The Morgan fingerprint density at radius 2 is 0.884 bits per heavy atom. The molecule has 254 valence electrons. The van der Waals surface area contributed by atoms with Crippen LogP contribution in [0.15, 0.2) is 12.2 Å². The second kappa shape index (κ2) is 29.5. The molecule has 0 saturated heterocycles. The highest BCUT2D eigenvalue weighted by Crippen LogP contribution is 2.25. The van der Waals surface area contributed by atoms with Crippen LogP contribution in [0.1, 0.15) is 201 Å². The molecule has 5 N–H and O–H groups in total. The number of allylic oxidation sites excluding steroid dienone is 2. The van der Waals surface area contributed by atoms with Gasteiger partial charge in [-0.3, -0.25) is 4.79 Å². The summed E-state index contributed by atoms with van der Waals surface area (Å²) in [6.07, 6.45) is 38.9. The summed E-state index contributed by atoms with van der Waals surface area (Å²) in [7, 11) is 0. The minimum Gasteiger partial charge on any atom is -0.479 e. The molecule has 5 heteroatoms. The van der Waals surface area contributed by atoms with Crippen LogP contribution in [-0.4, -0.2) is 28.4 Å². The Bertz CT molecular complexity index is 678. The van der Waals surface area contributed by atoms with Gasteiger partial charge in [0.25, 0.3) is 0 Å². The van der Waals surface area contributed by atoms with E-state index in [0.29, 0.717) is 6.42 Å². The fourth-order valence-corrected chi connectivity index (χ4v) is 6.14. The van der Waals surface area contributed by atoms with Gasteiger partial charge in [-0.2, -0.15) is 0 Å². The van der Waals surface area contributed by atoms with Gasteiger partial charge in [0.2, 0.25) is 0 Å². The van der Waals surface area contributed by atoms with Crippen molar-refractivity contribution < 1.29 is 14.7 Å². The molecule has 3 unspecified atom stereocenters. The molecular formula is C38H74N2O3. The molecule has 0 heterocycles. The highest BCUT2D eigenvalue weighted by molar-refractivity contribution is 6.09. The average Bonchev–Trinajstić information content (AvgIpc) is 2.99. The number of aliphatic carboxylic acids is 1. The molecule has 0 amide bonds. The molecular weight excluding hydrogens is 532 g/mol. The van der Waals surface area contributed by atoms with Crippen LogP contribution in [0.25, 0.3) is 0 Å². The van der Waals surface area contributed by atoms with Gasteiger partial charge in [0, 0.05) is 12.0 Å². The molecule has 0 aromatic carbocycles. The maximum atomic E-state index is 13.4. The number of unbranched alkanes of at least 4 members (excludes halogenated alkanes) is 23. The molecule has 0 radical (unpaired) electrons. The minimum absolute atomic E-state index is 0.318. The summed E-state index contributed by atoms with van der Waals surface area (Å²) in [5.41, 5.74) is 10.1. The Kier molecular flexibility index (Phi) is 28.7. The van der Waals surface area contributed by atoms with Crippen molar-refractivity contribution in [1.82, 2.24) is 0 Å². The average molecular weight is 607 g/mol. The van der Waals surface area contributed by atoms with Crippen LogP contribution in [0.5, 0.6) is 0 Å². The molecule has 3 atom stereocenters. The zero-order valence-electron chi connectivity index (χ0n) is 29.0. The van der Waals surface area contributed by atoms with Crippen LogP contribution in [0.3, 0.4) is 0 Å². The molecule has 0 aliphatic rings. The van der Waals surface area contributed by atoms with E-state index in [2.05, 4.69) is 26.0 Å². The zero-order chi connectivity index (χ0) is 32.0. The highest BCUT2D eigenvalue weighted by Gasteiger charge is 2.47. The molecule has 5 nitrogen and oxygen atoms in total. The lowest BCUT2D eigenvalue weighted by atomic mass is 9.77. The van der Waals surface area contributed by atoms with Gasteiger partial charge in [0.1, 0.15) is 0 Å². The van der Waals surface area contributed by atoms with Crippen molar-refractivity contribution in [1.29, 1.82) is 0 Å². The number of carbonyl (C=O) groups is 2. The molecule has 0 aromatic rings. The first-order valence-electron chi connectivity index (χ1n) is 18.8. The minimum atomic E-state index is -2.00. The Balaban J connectivity index is 4.28. The van der Waals surface area contributed by atoms with E-state index in [1.807, 2.05) is 0 Å². The number of nitrogens with two attached hydrogens (primary N) is 2. The van der Waals surface area contributed by atoms with Gasteiger partial charge in [-0.1, -0.05) is 167 Å². The molecule has 43 heavy (non-hydrogen) atoms. The molecule has 0 aromatic heterocycles. The standard InChI is InChI=1S/C38H74N2O3/c1-4-6-8-10-12-14-16-18-20-22-24-26-28-30-32-35(36(41)38(40,34(3)39)37(42)43)33-31-29-27-25-23-21-19-17-15-13-11-9-7-5-2/h18,20,34-35H,4-17,19,21-33,39-40H2,1-3H3,(H,42,43)/b20-18-. The monoisotopic (exact) mass is 607 g/mol. The molecule has 0 rings (SSSR count). The third-order valence-electron chi connectivity index (χ3n) is 9.32. The number of carboxylic acid groups (broad SMARTS) is 1. The van der Waals surface area contributed by atoms with Crippen LogP contribution in [-0.2, 0) is 9.59 Å². The number of hydrogen-bond acceptors (Lipinski definition) is 4. The number of hydrogen-bond donors (Lipinski definition) is 3. The number of carbonyl (C=O) groups excluding carboxylic acids is 1. The predicted octanol–water partition coefficient (Wildman–Crippen LogP) is 10.8. The quantitative estimate of drug-likeness (QED) is 0.0391. The molecule has 0 bridgehead atoms. The maximum Gasteiger partial charge on any atom is 0.333 e. The van der Waals surface area contributed by atoms with Crippen molar-refractivity contribution in [3.8, 4) is 0 Å². The van der Waals surface area contributed by atoms with Crippen LogP contribution < -0.4 is 11.5 Å². The SMILES string of the molecule is CCCCCCCC/C=C\CCCCCCC(CCCCCCCCCCCCCCCC)C(=O)C(N)(C(=O)O)C(C)N. The van der Waals surface area contributed by atoms with E-state index in [1.54, 1.807) is 0 Å². The fourth-order valence-electron chi connectivity index (χ4n) is 6.14. The van der Waals surface area contributed by atoms with Gasteiger partial charge in [0.15, 0.2) is 11.3 Å². The first kappa shape index (κ1) is 41.8. The first-order valence-corrected chi connectivity index (χ1v) is 18.8. The van der Waals surface area contributed by atoms with E-state index < -0.39 is 17.6 Å². The lowest BCUT2D eigenvalue weighted by Gasteiger charge is -2.31. The molecule has 0 spiro atoms. The van der Waals surface area contributed by atoms with Crippen molar-refractivity contribution in [2.75, 3.05) is 0 Å². The summed E-state index contributed by atoms with van der Waals surface area (Å²) in [5, 5.41) is 9.78. The van der Waals surface area contributed by atoms with Gasteiger partial charge >= 0.3 is 5.97 Å². The largest absolute Gasteiger partial charge is 0.479 e. The van der Waals surface area contributed by atoms with Crippen molar-refractivity contribution in [2.45, 2.75) is 212 Å². The highest BCUT2D eigenvalue weighted by atomic mass is 16.4. The molecule has 0 aliphatic heterocycles. The van der Waals surface area contributed by atoms with Crippen molar-refractivity contribution >= 4 is 11.8 Å². The van der Waals surface area contributed by atoms with E-state index in [0.717, 1.165) is 44.9 Å². The van der Waals surface area contributed by atoms with Crippen LogP contribution in [0.2, 0.25) is 0 Å². The topological polar surface area (TPSA) is 106 Å². The van der Waals surface area contributed by atoms with Crippen molar-refractivity contribution in [2.24, 2.45) is 17.4 Å². The lowest BCUT2D eigenvalue weighted by Crippen LogP contribution is -2.66. The number of rotatable bonds is 33. The summed E-state index contributed by atoms with van der Waals surface area (Å²) in [6.45, 7) is 6.06. The second-order valence-corrected chi connectivity index (χ2v) is 13.4. The number of carboxylic acids is 1. The van der Waals surface area contributed by atoms with E-state index >= 15 is 0 Å². The van der Waals surface area contributed by atoms with Gasteiger partial charge in [-0.05, 0) is 45.4 Å². The smallest absolute Gasteiger partial charge is 0.333 e. The number of ketones is 1. The second-order valence-electron chi connectivity index (χ2n) is 13.4. The Morgan fingerprint density at radius 1 is 0.581 bits per heavy atom. The van der Waals surface area contributed by atoms with E-state index in [1.165, 1.54) is 135 Å². The Hall–Kier alpha value is -1.20. The van der Waals surface area contributed by atoms with E-state index in [-0.39, 0.29) is 11.7 Å².